The number of carbonyl (C=O) groups excluding carboxylic acids is 1. The van der Waals surface area contributed by atoms with Gasteiger partial charge in [-0.1, -0.05) is 19.1 Å². The number of amides is 1. The molecule has 1 fully saturated rings. The summed E-state index contributed by atoms with van der Waals surface area (Å²) in [7, 11) is -0.895. The third kappa shape index (κ3) is 3.90. The Hall–Kier alpha value is -1.20. The molecule has 0 unspecified atom stereocenters. The van der Waals surface area contributed by atoms with Crippen molar-refractivity contribution in [3.05, 3.63) is 35.4 Å². The monoisotopic (exact) mass is 295 g/mol. The molecule has 110 valence electrons. The van der Waals surface area contributed by atoms with Gasteiger partial charge in [-0.05, 0) is 24.1 Å². The van der Waals surface area contributed by atoms with E-state index < -0.39 is 10.8 Å². The second-order valence-electron chi connectivity index (χ2n) is 5.07. The van der Waals surface area contributed by atoms with Gasteiger partial charge in [0.05, 0.1) is 12.7 Å². The Labute approximate surface area is 122 Å². The number of ether oxygens (including phenoxy) is 1. The van der Waals surface area contributed by atoms with Crippen LogP contribution in [0.4, 0.5) is 0 Å². The first-order valence-corrected chi connectivity index (χ1v) is 8.62. The molecular formula is C15H21NO3S. The number of rotatable bonds is 4. The van der Waals surface area contributed by atoms with Crippen molar-refractivity contribution in [3.63, 3.8) is 0 Å². The van der Waals surface area contributed by atoms with Gasteiger partial charge in [-0.25, -0.2) is 0 Å². The molecule has 0 radical (unpaired) electrons. The minimum Gasteiger partial charge on any atom is -0.375 e. The summed E-state index contributed by atoms with van der Waals surface area (Å²) in [6.45, 7) is 3.96. The molecule has 1 heterocycles. The Balaban J connectivity index is 2.10. The minimum absolute atomic E-state index is 0.0375. The summed E-state index contributed by atoms with van der Waals surface area (Å²) in [4.78, 5) is 14.3. The quantitative estimate of drug-likeness (QED) is 0.851. The maximum absolute atomic E-state index is 12.5. The second-order valence-corrected chi connectivity index (χ2v) is 6.51. The Bertz CT molecular complexity index is 504. The molecule has 5 heteroatoms. The van der Waals surface area contributed by atoms with E-state index in [1.54, 1.807) is 6.26 Å². The molecule has 0 aromatic heterocycles. The molecule has 1 aromatic rings. The van der Waals surface area contributed by atoms with Gasteiger partial charge in [0.15, 0.2) is 0 Å². The van der Waals surface area contributed by atoms with E-state index in [9.17, 15) is 9.00 Å². The van der Waals surface area contributed by atoms with Gasteiger partial charge in [0.2, 0.25) is 0 Å². The third-order valence-corrected chi connectivity index (χ3v) is 4.17. The summed E-state index contributed by atoms with van der Waals surface area (Å²) in [5.41, 5.74) is 1.61. The first kappa shape index (κ1) is 15.2. The number of hydrogen-bond acceptors (Lipinski definition) is 3. The van der Waals surface area contributed by atoms with E-state index in [1.807, 2.05) is 29.2 Å². The number of benzene rings is 1. The molecular weight excluding hydrogens is 274 g/mol. The summed E-state index contributed by atoms with van der Waals surface area (Å²) in [6.07, 6.45) is 2.72. The molecule has 2 rings (SSSR count). The molecule has 0 saturated carbocycles. The predicted molar refractivity (Wildman–Crippen MR) is 80.1 cm³/mol. The van der Waals surface area contributed by atoms with Crippen molar-refractivity contribution in [2.45, 2.75) is 25.2 Å². The van der Waals surface area contributed by atoms with Crippen molar-refractivity contribution in [1.29, 1.82) is 0 Å². The molecule has 20 heavy (non-hydrogen) atoms. The highest BCUT2D eigenvalue weighted by Gasteiger charge is 2.24. The molecule has 1 aromatic carbocycles. The van der Waals surface area contributed by atoms with E-state index in [0.717, 1.165) is 12.0 Å². The van der Waals surface area contributed by atoms with Crippen LogP contribution in [-0.2, 0) is 21.3 Å². The van der Waals surface area contributed by atoms with Gasteiger partial charge in [-0.15, -0.1) is 0 Å². The molecule has 1 saturated heterocycles. The Kier molecular flexibility index (Phi) is 5.31. The molecule has 0 aliphatic carbocycles. The van der Waals surface area contributed by atoms with Crippen LogP contribution in [0.15, 0.2) is 24.3 Å². The fourth-order valence-corrected chi connectivity index (χ4v) is 3.01. The molecule has 2 atom stereocenters. The molecule has 0 N–H and O–H groups in total. The third-order valence-electron chi connectivity index (χ3n) is 3.43. The summed E-state index contributed by atoms with van der Waals surface area (Å²) in [5.74, 6) is 0.525. The average Bonchev–Trinajstić information content (AvgIpc) is 2.46. The maximum atomic E-state index is 12.5. The van der Waals surface area contributed by atoms with Crippen molar-refractivity contribution in [2.24, 2.45) is 0 Å². The SMILES string of the molecule is CC[C@@H]1CN(C(=O)c2cccc(C[S@@](C)=O)c2)CCO1. The lowest BCUT2D eigenvalue weighted by Crippen LogP contribution is -2.45. The highest BCUT2D eigenvalue weighted by atomic mass is 32.2. The number of nitrogens with zero attached hydrogens (tertiary/aromatic N) is 1. The van der Waals surface area contributed by atoms with Crippen LogP contribution >= 0.6 is 0 Å². The van der Waals surface area contributed by atoms with E-state index in [4.69, 9.17) is 4.74 Å². The summed E-state index contributed by atoms with van der Waals surface area (Å²) in [6, 6.07) is 7.43. The normalized spacial score (nSPS) is 20.7. The van der Waals surface area contributed by atoms with Gasteiger partial charge in [0.1, 0.15) is 0 Å². The van der Waals surface area contributed by atoms with Gasteiger partial charge in [0, 0.05) is 41.5 Å². The zero-order chi connectivity index (χ0) is 14.5. The smallest absolute Gasteiger partial charge is 0.254 e. The lowest BCUT2D eigenvalue weighted by Gasteiger charge is -2.32. The molecule has 1 aliphatic heterocycles. The van der Waals surface area contributed by atoms with Crippen LogP contribution in [0, 0.1) is 0 Å². The van der Waals surface area contributed by atoms with Gasteiger partial charge in [-0.2, -0.15) is 0 Å². The molecule has 0 spiro atoms. The van der Waals surface area contributed by atoms with Crippen LogP contribution in [0.2, 0.25) is 0 Å². The van der Waals surface area contributed by atoms with Crippen LogP contribution in [0.25, 0.3) is 0 Å². The number of morpholine rings is 1. The second kappa shape index (κ2) is 6.99. The van der Waals surface area contributed by atoms with Crippen LogP contribution in [0.1, 0.15) is 29.3 Å². The molecule has 4 nitrogen and oxygen atoms in total. The lowest BCUT2D eigenvalue weighted by molar-refractivity contribution is -0.0226. The first-order chi connectivity index (χ1) is 9.60. The predicted octanol–water partition coefficient (Wildman–Crippen LogP) is 1.82. The van der Waals surface area contributed by atoms with E-state index in [2.05, 4.69) is 6.92 Å². The van der Waals surface area contributed by atoms with Crippen molar-refractivity contribution in [3.8, 4) is 0 Å². The largest absolute Gasteiger partial charge is 0.375 e. The Morgan fingerprint density at radius 1 is 1.50 bits per heavy atom. The Morgan fingerprint density at radius 3 is 3.00 bits per heavy atom. The van der Waals surface area contributed by atoms with E-state index in [-0.39, 0.29) is 12.0 Å². The first-order valence-electron chi connectivity index (χ1n) is 6.90. The topological polar surface area (TPSA) is 46.6 Å². The highest BCUT2D eigenvalue weighted by molar-refractivity contribution is 7.83. The average molecular weight is 295 g/mol. The maximum Gasteiger partial charge on any atom is 0.254 e. The fourth-order valence-electron chi connectivity index (χ4n) is 2.36. The van der Waals surface area contributed by atoms with Gasteiger partial charge in [0.25, 0.3) is 5.91 Å². The van der Waals surface area contributed by atoms with Crippen molar-refractivity contribution in [1.82, 2.24) is 4.90 Å². The van der Waals surface area contributed by atoms with Crippen LogP contribution in [0.3, 0.4) is 0 Å². The van der Waals surface area contributed by atoms with Gasteiger partial charge >= 0.3 is 0 Å². The standard InChI is InChI=1S/C15H21NO3S/c1-3-14-10-16(7-8-19-14)15(17)13-6-4-5-12(9-13)11-20(2)18/h4-6,9,14H,3,7-8,10-11H2,1-2H3/t14-,20-/m1/s1. The van der Waals surface area contributed by atoms with E-state index >= 15 is 0 Å². The van der Waals surface area contributed by atoms with Crippen molar-refractivity contribution in [2.75, 3.05) is 26.0 Å². The van der Waals surface area contributed by atoms with Crippen LogP contribution in [-0.4, -0.2) is 47.1 Å². The van der Waals surface area contributed by atoms with Crippen LogP contribution < -0.4 is 0 Å². The minimum atomic E-state index is -0.895. The zero-order valence-corrected chi connectivity index (χ0v) is 12.8. The number of carbonyl (C=O) groups is 1. The highest BCUT2D eigenvalue weighted by Crippen LogP contribution is 2.14. The van der Waals surface area contributed by atoms with E-state index in [1.165, 1.54) is 0 Å². The van der Waals surface area contributed by atoms with Crippen LogP contribution in [0.5, 0.6) is 0 Å². The molecule has 1 amide bonds. The van der Waals surface area contributed by atoms with Gasteiger partial charge in [-0.3, -0.25) is 9.00 Å². The Morgan fingerprint density at radius 2 is 2.30 bits per heavy atom. The molecule has 1 aliphatic rings. The van der Waals surface area contributed by atoms with E-state index in [0.29, 0.717) is 31.0 Å². The molecule has 0 bridgehead atoms. The van der Waals surface area contributed by atoms with Crippen molar-refractivity contribution >= 4 is 16.7 Å². The summed E-state index contributed by atoms with van der Waals surface area (Å²) >= 11 is 0. The number of hydrogen-bond donors (Lipinski definition) is 0. The van der Waals surface area contributed by atoms with Crippen molar-refractivity contribution < 1.29 is 13.7 Å². The van der Waals surface area contributed by atoms with Gasteiger partial charge < -0.3 is 9.64 Å². The fraction of sp³-hybridized carbons (Fsp3) is 0.533. The lowest BCUT2D eigenvalue weighted by atomic mass is 10.1. The summed E-state index contributed by atoms with van der Waals surface area (Å²) < 4.78 is 16.9. The summed E-state index contributed by atoms with van der Waals surface area (Å²) in [5, 5.41) is 0. The zero-order valence-electron chi connectivity index (χ0n) is 12.0.